The zero-order chi connectivity index (χ0) is 25.6. The van der Waals surface area contributed by atoms with Gasteiger partial charge in [-0.3, -0.25) is 19.4 Å². The second-order valence-electron chi connectivity index (χ2n) is 11.0. The molecule has 2 aromatic carbocycles. The van der Waals surface area contributed by atoms with Crippen molar-refractivity contribution in [1.82, 2.24) is 9.80 Å². The first kappa shape index (κ1) is 27.9. The number of hydrogen-bond acceptors (Lipinski definition) is 4. The van der Waals surface area contributed by atoms with Crippen LogP contribution in [0.4, 0.5) is 0 Å². The molecule has 2 aromatic rings. The molecule has 0 spiro atoms. The third-order valence-corrected chi connectivity index (χ3v) is 8.16. The molecular formula is C29H38Cl2N2O2. The van der Waals surface area contributed by atoms with Crippen molar-refractivity contribution in [2.45, 2.75) is 47.2 Å². The summed E-state index contributed by atoms with van der Waals surface area (Å²) in [5.74, 6) is 0.799. The summed E-state index contributed by atoms with van der Waals surface area (Å²) in [5.41, 5.74) is 2.79. The van der Waals surface area contributed by atoms with Crippen molar-refractivity contribution in [3.63, 3.8) is 0 Å². The van der Waals surface area contributed by atoms with E-state index in [0.717, 1.165) is 56.8 Å². The van der Waals surface area contributed by atoms with E-state index in [9.17, 15) is 9.59 Å². The molecule has 4 nitrogen and oxygen atoms in total. The summed E-state index contributed by atoms with van der Waals surface area (Å²) in [6.07, 6.45) is 1.11. The maximum Gasteiger partial charge on any atom is 0.169 e. The van der Waals surface area contributed by atoms with E-state index < -0.39 is 10.8 Å². The first-order chi connectivity index (χ1) is 16.6. The molecular weight excluding hydrogens is 479 g/mol. The largest absolute Gasteiger partial charge is 0.298 e. The van der Waals surface area contributed by atoms with Crippen molar-refractivity contribution in [1.29, 1.82) is 0 Å². The molecule has 6 heteroatoms. The second-order valence-corrected chi connectivity index (χ2v) is 11.5. The topological polar surface area (TPSA) is 40.6 Å². The molecule has 1 aliphatic heterocycles. The molecule has 0 N–H and O–H groups in total. The molecule has 1 aliphatic rings. The zero-order valence-corrected chi connectivity index (χ0v) is 23.0. The summed E-state index contributed by atoms with van der Waals surface area (Å²) < 4.78 is 0. The monoisotopic (exact) mass is 516 g/mol. The Labute approximate surface area is 220 Å². The van der Waals surface area contributed by atoms with Crippen LogP contribution in [0.15, 0.2) is 48.5 Å². The normalized spacial score (nSPS) is 16.2. The van der Waals surface area contributed by atoms with Crippen LogP contribution in [0, 0.1) is 10.8 Å². The van der Waals surface area contributed by atoms with Crippen LogP contribution >= 0.6 is 23.2 Å². The van der Waals surface area contributed by atoms with Gasteiger partial charge in [-0.15, -0.1) is 23.2 Å². The van der Waals surface area contributed by atoms with Gasteiger partial charge in [0, 0.05) is 59.9 Å². The number of halogens is 2. The Morgan fingerprint density at radius 3 is 1.31 bits per heavy atom. The third kappa shape index (κ3) is 7.39. The van der Waals surface area contributed by atoms with Gasteiger partial charge in [0.2, 0.25) is 0 Å². The van der Waals surface area contributed by atoms with Gasteiger partial charge in [0.15, 0.2) is 11.6 Å². The zero-order valence-electron chi connectivity index (χ0n) is 21.4. The Morgan fingerprint density at radius 1 is 0.657 bits per heavy atom. The van der Waals surface area contributed by atoms with Gasteiger partial charge in [-0.25, -0.2) is 0 Å². The van der Waals surface area contributed by atoms with Crippen LogP contribution in [-0.2, 0) is 13.1 Å². The molecule has 0 unspecified atom stereocenters. The van der Waals surface area contributed by atoms with Crippen molar-refractivity contribution in [3.05, 3.63) is 70.8 Å². The summed E-state index contributed by atoms with van der Waals surface area (Å²) in [6.45, 7) is 13.4. The number of Topliss-reactive ketones (excluding diaryl/α,β-unsaturated/α-hetero) is 2. The standard InChI is InChI=1S/C29H38Cl2N2O2/c1-28(2,20-30)26(34)24-10-6-22(7-11-24)18-32-14-5-15-33(17-16-32)19-23-8-12-25(13-9-23)27(35)29(3,4)21-31/h6-13H,5,14-21H2,1-4H3. The van der Waals surface area contributed by atoms with Crippen LogP contribution in [0.3, 0.4) is 0 Å². The number of benzene rings is 2. The Bertz CT molecular complexity index is 919. The predicted octanol–water partition coefficient (Wildman–Crippen LogP) is 6.29. The molecule has 0 amide bonds. The lowest BCUT2D eigenvalue weighted by Gasteiger charge is -2.23. The lowest BCUT2D eigenvalue weighted by molar-refractivity contribution is 0.0856. The van der Waals surface area contributed by atoms with Crippen molar-refractivity contribution < 1.29 is 9.59 Å². The third-order valence-electron chi connectivity index (χ3n) is 6.82. The van der Waals surface area contributed by atoms with Gasteiger partial charge in [-0.1, -0.05) is 76.2 Å². The fraction of sp³-hybridized carbons (Fsp3) is 0.517. The highest BCUT2D eigenvalue weighted by Gasteiger charge is 2.28. The van der Waals surface area contributed by atoms with Crippen molar-refractivity contribution in [2.24, 2.45) is 10.8 Å². The number of nitrogens with zero attached hydrogens (tertiary/aromatic N) is 2. The molecule has 0 bridgehead atoms. The second kappa shape index (κ2) is 12.0. The summed E-state index contributed by atoms with van der Waals surface area (Å²) in [6, 6.07) is 16.0. The van der Waals surface area contributed by atoms with E-state index in [1.54, 1.807) is 0 Å². The first-order valence-electron chi connectivity index (χ1n) is 12.4. The van der Waals surface area contributed by atoms with Gasteiger partial charge in [-0.2, -0.15) is 0 Å². The highest BCUT2D eigenvalue weighted by Crippen LogP contribution is 2.25. The highest BCUT2D eigenvalue weighted by molar-refractivity contribution is 6.21. The smallest absolute Gasteiger partial charge is 0.169 e. The maximum absolute atomic E-state index is 12.6. The molecule has 3 rings (SSSR count). The molecule has 1 saturated heterocycles. The fourth-order valence-corrected chi connectivity index (χ4v) is 4.53. The Kier molecular flexibility index (Phi) is 9.56. The molecule has 0 saturated carbocycles. The maximum atomic E-state index is 12.6. The minimum absolute atomic E-state index is 0.0876. The average Bonchev–Trinajstić information content (AvgIpc) is 3.08. The van der Waals surface area contributed by atoms with Gasteiger partial charge in [0.1, 0.15) is 0 Å². The average molecular weight is 518 g/mol. The van der Waals surface area contributed by atoms with Crippen LogP contribution in [0.1, 0.15) is 66.0 Å². The van der Waals surface area contributed by atoms with E-state index in [-0.39, 0.29) is 11.6 Å². The van der Waals surface area contributed by atoms with E-state index in [1.165, 1.54) is 11.1 Å². The van der Waals surface area contributed by atoms with Crippen molar-refractivity contribution in [2.75, 3.05) is 37.9 Å². The SMILES string of the molecule is CC(C)(CCl)C(=O)c1ccc(CN2CCCN(Cc3ccc(C(=O)C(C)(C)CCl)cc3)CC2)cc1. The summed E-state index contributed by atoms with van der Waals surface area (Å²) in [7, 11) is 0. The van der Waals surface area contributed by atoms with E-state index in [4.69, 9.17) is 23.2 Å². The van der Waals surface area contributed by atoms with Crippen LogP contribution < -0.4 is 0 Å². The summed E-state index contributed by atoms with van der Waals surface area (Å²) >= 11 is 11.9. The van der Waals surface area contributed by atoms with Gasteiger partial charge in [0.25, 0.3) is 0 Å². The minimum atomic E-state index is -0.548. The van der Waals surface area contributed by atoms with Crippen LogP contribution in [0.2, 0.25) is 0 Å². The molecule has 0 aliphatic carbocycles. The number of hydrogen-bond donors (Lipinski definition) is 0. The van der Waals surface area contributed by atoms with Crippen molar-refractivity contribution in [3.8, 4) is 0 Å². The number of carbonyl (C=O) groups is 2. The molecule has 190 valence electrons. The predicted molar refractivity (Wildman–Crippen MR) is 146 cm³/mol. The molecule has 1 fully saturated rings. The Balaban J connectivity index is 1.52. The van der Waals surface area contributed by atoms with Crippen molar-refractivity contribution >= 4 is 34.8 Å². The number of carbonyl (C=O) groups excluding carboxylic acids is 2. The lowest BCUT2D eigenvalue weighted by atomic mass is 9.86. The Hall–Kier alpha value is -1.72. The molecule has 0 radical (unpaired) electrons. The number of rotatable bonds is 10. The lowest BCUT2D eigenvalue weighted by Crippen LogP contribution is -2.30. The minimum Gasteiger partial charge on any atom is -0.298 e. The van der Waals surface area contributed by atoms with E-state index in [1.807, 2.05) is 52.0 Å². The highest BCUT2D eigenvalue weighted by atomic mass is 35.5. The van der Waals surface area contributed by atoms with E-state index in [0.29, 0.717) is 11.8 Å². The van der Waals surface area contributed by atoms with Gasteiger partial charge in [0.05, 0.1) is 0 Å². The van der Waals surface area contributed by atoms with E-state index >= 15 is 0 Å². The van der Waals surface area contributed by atoms with Crippen LogP contribution in [0.25, 0.3) is 0 Å². The Morgan fingerprint density at radius 2 is 1.00 bits per heavy atom. The van der Waals surface area contributed by atoms with Crippen LogP contribution in [-0.4, -0.2) is 59.3 Å². The molecule has 1 heterocycles. The number of alkyl halides is 2. The molecule has 0 aromatic heterocycles. The van der Waals surface area contributed by atoms with E-state index in [2.05, 4.69) is 34.1 Å². The van der Waals surface area contributed by atoms with Crippen LogP contribution in [0.5, 0.6) is 0 Å². The summed E-state index contributed by atoms with van der Waals surface area (Å²) in [4.78, 5) is 30.2. The van der Waals surface area contributed by atoms with Gasteiger partial charge < -0.3 is 0 Å². The van der Waals surface area contributed by atoms with Gasteiger partial charge in [-0.05, 0) is 30.6 Å². The number of ketones is 2. The summed E-state index contributed by atoms with van der Waals surface area (Å²) in [5, 5.41) is 0. The first-order valence-corrected chi connectivity index (χ1v) is 13.5. The molecule has 0 atom stereocenters. The van der Waals surface area contributed by atoms with Gasteiger partial charge >= 0.3 is 0 Å². The quantitative estimate of drug-likeness (QED) is 0.274. The molecule has 35 heavy (non-hydrogen) atoms. The fourth-order valence-electron chi connectivity index (χ4n) is 4.28.